The van der Waals surface area contributed by atoms with Crippen molar-refractivity contribution in [1.82, 2.24) is 20.2 Å². The van der Waals surface area contributed by atoms with Gasteiger partial charge in [0.05, 0.1) is 25.4 Å². The molecule has 0 aliphatic carbocycles. The van der Waals surface area contributed by atoms with E-state index in [4.69, 9.17) is 14.3 Å². The van der Waals surface area contributed by atoms with Crippen LogP contribution in [0.15, 0.2) is 31.3 Å². The summed E-state index contributed by atoms with van der Waals surface area (Å²) in [6.07, 6.45) is 5.23. The molecule has 1 aromatic heterocycles. The minimum absolute atomic E-state index is 0.359. The summed E-state index contributed by atoms with van der Waals surface area (Å²) >= 11 is 0. The van der Waals surface area contributed by atoms with Gasteiger partial charge in [0.1, 0.15) is 6.79 Å². The Bertz CT molecular complexity index is 621. The molecule has 174 valence electrons. The zero-order chi connectivity index (χ0) is 23.5. The van der Waals surface area contributed by atoms with Gasteiger partial charge in [-0.15, -0.1) is 5.73 Å². The van der Waals surface area contributed by atoms with Gasteiger partial charge in [0.25, 0.3) is 0 Å². The molecule has 0 unspecified atom stereocenters. The van der Waals surface area contributed by atoms with Crippen LogP contribution in [-0.2, 0) is 14.3 Å². The summed E-state index contributed by atoms with van der Waals surface area (Å²) in [5, 5.41) is 3.29. The number of anilines is 1. The van der Waals surface area contributed by atoms with E-state index in [2.05, 4.69) is 51.0 Å². The average Bonchev–Trinajstić information content (AvgIpc) is 2.82. The summed E-state index contributed by atoms with van der Waals surface area (Å²) < 4.78 is 10.00. The third-order valence-electron chi connectivity index (χ3n) is 4.57. The molecular formula is C22H37N5O4. The largest absolute Gasteiger partial charge is 0.462 e. The fourth-order valence-corrected chi connectivity index (χ4v) is 2.83. The molecule has 0 spiro atoms. The van der Waals surface area contributed by atoms with Crippen molar-refractivity contribution in [3.05, 3.63) is 36.8 Å². The molecule has 1 N–H and O–H groups in total. The number of piperidine rings is 1. The van der Waals surface area contributed by atoms with E-state index in [0.29, 0.717) is 24.2 Å². The molecule has 0 saturated carbocycles. The molecular weight excluding hydrogens is 398 g/mol. The van der Waals surface area contributed by atoms with Gasteiger partial charge < -0.3 is 29.4 Å². The Labute approximate surface area is 186 Å². The highest BCUT2D eigenvalue weighted by atomic mass is 16.5. The van der Waals surface area contributed by atoms with Crippen molar-refractivity contribution in [2.24, 2.45) is 0 Å². The number of ether oxygens (including phenoxy) is 2. The highest BCUT2D eigenvalue weighted by Gasteiger charge is 2.20. The Morgan fingerprint density at radius 3 is 2.10 bits per heavy atom. The van der Waals surface area contributed by atoms with Crippen molar-refractivity contribution in [3.8, 4) is 0 Å². The number of carbonyl (C=O) groups is 2. The van der Waals surface area contributed by atoms with Crippen molar-refractivity contribution in [2.45, 2.75) is 25.8 Å². The maximum absolute atomic E-state index is 11.5. The van der Waals surface area contributed by atoms with E-state index in [1.807, 2.05) is 13.8 Å². The van der Waals surface area contributed by atoms with Gasteiger partial charge in [0.2, 0.25) is 5.95 Å². The number of aromatic nitrogens is 2. The SMILES string of the molecule is C=C=C.C=O.CCOC(=O)c1cnc(N2CCC(NC)CC2)nc1.CN1CCOCC1. The van der Waals surface area contributed by atoms with Gasteiger partial charge in [0, 0.05) is 44.6 Å². The van der Waals surface area contributed by atoms with E-state index in [1.165, 1.54) is 12.4 Å². The molecule has 2 saturated heterocycles. The first-order valence-corrected chi connectivity index (χ1v) is 10.3. The second-order valence-corrected chi connectivity index (χ2v) is 6.71. The van der Waals surface area contributed by atoms with E-state index < -0.39 is 0 Å². The lowest BCUT2D eigenvalue weighted by molar-refractivity contribution is -0.0980. The van der Waals surface area contributed by atoms with Crippen LogP contribution in [0.3, 0.4) is 0 Å². The number of hydrogen-bond acceptors (Lipinski definition) is 9. The summed E-state index contributed by atoms with van der Waals surface area (Å²) in [4.78, 5) is 32.4. The Hall–Kier alpha value is -2.58. The molecule has 0 bridgehead atoms. The molecule has 31 heavy (non-hydrogen) atoms. The maximum atomic E-state index is 11.5. The van der Waals surface area contributed by atoms with Crippen LogP contribution >= 0.6 is 0 Å². The number of rotatable bonds is 4. The molecule has 3 heterocycles. The zero-order valence-corrected chi connectivity index (χ0v) is 19.1. The summed E-state index contributed by atoms with van der Waals surface area (Å²) in [5.74, 6) is 0.311. The van der Waals surface area contributed by atoms with Gasteiger partial charge in [0.15, 0.2) is 0 Å². The Morgan fingerprint density at radius 2 is 1.71 bits per heavy atom. The number of morpholine rings is 1. The molecule has 2 aliphatic heterocycles. The fourth-order valence-electron chi connectivity index (χ4n) is 2.83. The number of esters is 1. The Kier molecular flexibility index (Phi) is 16.7. The van der Waals surface area contributed by atoms with Crippen LogP contribution < -0.4 is 10.2 Å². The normalized spacial score (nSPS) is 16.2. The Balaban J connectivity index is 0.000000619. The van der Waals surface area contributed by atoms with Crippen molar-refractivity contribution in [1.29, 1.82) is 0 Å². The third kappa shape index (κ3) is 12.0. The van der Waals surface area contributed by atoms with Gasteiger partial charge in [-0.05, 0) is 33.9 Å². The van der Waals surface area contributed by atoms with E-state index in [1.54, 1.807) is 6.92 Å². The number of nitrogens with zero attached hydrogens (tertiary/aromatic N) is 4. The summed E-state index contributed by atoms with van der Waals surface area (Å²) in [5.41, 5.74) is 2.65. The minimum Gasteiger partial charge on any atom is -0.462 e. The van der Waals surface area contributed by atoms with Crippen molar-refractivity contribution in [3.63, 3.8) is 0 Å². The quantitative estimate of drug-likeness (QED) is 0.558. The molecule has 2 aliphatic rings. The topological polar surface area (TPSA) is 96.9 Å². The fraction of sp³-hybridized carbons (Fsp3) is 0.591. The molecule has 1 aromatic rings. The van der Waals surface area contributed by atoms with E-state index in [-0.39, 0.29) is 5.97 Å². The van der Waals surface area contributed by atoms with E-state index >= 15 is 0 Å². The van der Waals surface area contributed by atoms with Gasteiger partial charge in [-0.3, -0.25) is 0 Å². The van der Waals surface area contributed by atoms with Gasteiger partial charge >= 0.3 is 5.97 Å². The van der Waals surface area contributed by atoms with Crippen LogP contribution in [0.1, 0.15) is 30.1 Å². The second kappa shape index (κ2) is 18.2. The first kappa shape index (κ1) is 28.4. The summed E-state index contributed by atoms with van der Waals surface area (Å²) in [6, 6.07) is 0.579. The summed E-state index contributed by atoms with van der Waals surface area (Å²) in [6.45, 7) is 16.3. The first-order chi connectivity index (χ1) is 15.0. The number of nitrogens with one attached hydrogen (secondary N) is 1. The molecule has 2 fully saturated rings. The van der Waals surface area contributed by atoms with Gasteiger partial charge in [-0.25, -0.2) is 14.8 Å². The lowest BCUT2D eigenvalue weighted by atomic mass is 10.1. The van der Waals surface area contributed by atoms with E-state index in [9.17, 15) is 4.79 Å². The lowest BCUT2D eigenvalue weighted by Gasteiger charge is -2.31. The monoisotopic (exact) mass is 435 g/mol. The van der Waals surface area contributed by atoms with Crippen LogP contribution in [-0.4, -0.2) is 93.8 Å². The summed E-state index contributed by atoms with van der Waals surface area (Å²) in [7, 11) is 4.10. The lowest BCUT2D eigenvalue weighted by Crippen LogP contribution is -2.41. The van der Waals surface area contributed by atoms with E-state index in [0.717, 1.165) is 52.2 Å². The Morgan fingerprint density at radius 1 is 1.19 bits per heavy atom. The average molecular weight is 436 g/mol. The smallest absolute Gasteiger partial charge is 0.341 e. The predicted molar refractivity (Wildman–Crippen MR) is 122 cm³/mol. The maximum Gasteiger partial charge on any atom is 0.341 e. The van der Waals surface area contributed by atoms with Crippen molar-refractivity contribution >= 4 is 18.7 Å². The molecule has 3 rings (SSSR count). The molecule has 0 radical (unpaired) electrons. The highest BCUT2D eigenvalue weighted by molar-refractivity contribution is 5.88. The number of carbonyl (C=O) groups excluding carboxylic acids is 2. The van der Waals surface area contributed by atoms with Crippen LogP contribution in [0.2, 0.25) is 0 Å². The van der Waals surface area contributed by atoms with Crippen LogP contribution in [0.4, 0.5) is 5.95 Å². The molecule has 0 atom stereocenters. The van der Waals surface area contributed by atoms with Crippen molar-refractivity contribution in [2.75, 3.05) is 65.0 Å². The first-order valence-electron chi connectivity index (χ1n) is 10.3. The zero-order valence-electron chi connectivity index (χ0n) is 19.1. The molecule has 9 nitrogen and oxygen atoms in total. The van der Waals surface area contributed by atoms with Gasteiger partial charge in [-0.1, -0.05) is 13.2 Å². The van der Waals surface area contributed by atoms with Crippen LogP contribution in [0, 0.1) is 0 Å². The second-order valence-electron chi connectivity index (χ2n) is 6.71. The third-order valence-corrected chi connectivity index (χ3v) is 4.57. The van der Waals surface area contributed by atoms with Crippen LogP contribution in [0.5, 0.6) is 0 Å². The number of hydrogen-bond donors (Lipinski definition) is 1. The standard InChI is InChI=1S/C13H20N4O2.C5H11NO.C3H4.CH2O/c1-3-19-12(18)10-8-15-13(16-9-10)17-6-4-11(14-2)5-7-17;1-6-2-4-7-5-3-6;1-3-2;1-2/h8-9,11,14H,3-7H2,1-2H3;2-5H2,1H3;1-2H2;1H2. The molecule has 9 heteroatoms. The predicted octanol–water partition coefficient (Wildman–Crippen LogP) is 1.56. The van der Waals surface area contributed by atoms with Crippen LogP contribution in [0.25, 0.3) is 0 Å². The minimum atomic E-state index is -0.372. The molecule has 0 amide bonds. The van der Waals surface area contributed by atoms with Crippen molar-refractivity contribution < 1.29 is 19.1 Å². The number of likely N-dealkylation sites (N-methyl/N-ethyl adjacent to an activating group) is 1. The molecule has 0 aromatic carbocycles. The van der Waals surface area contributed by atoms with Gasteiger partial charge in [-0.2, -0.15) is 0 Å². The highest BCUT2D eigenvalue weighted by Crippen LogP contribution is 2.15.